The van der Waals surface area contributed by atoms with Crippen LogP contribution in [-0.2, 0) is 22.6 Å². The van der Waals surface area contributed by atoms with E-state index >= 15 is 0 Å². The molecule has 0 aromatic heterocycles. The van der Waals surface area contributed by atoms with Crippen LogP contribution in [0.15, 0.2) is 30.4 Å². The maximum Gasteiger partial charge on any atom is 0.333 e. The van der Waals surface area contributed by atoms with Crippen molar-refractivity contribution in [2.24, 2.45) is 5.92 Å². The van der Waals surface area contributed by atoms with Gasteiger partial charge in [0.2, 0.25) is 0 Å². The lowest BCUT2D eigenvalue weighted by molar-refractivity contribution is -0.139. The fourth-order valence-electron chi connectivity index (χ4n) is 4.03. The molecule has 0 spiro atoms. The van der Waals surface area contributed by atoms with Gasteiger partial charge in [0.15, 0.2) is 0 Å². The van der Waals surface area contributed by atoms with Crippen molar-refractivity contribution in [2.45, 2.75) is 77.7 Å². The van der Waals surface area contributed by atoms with Crippen LogP contribution in [0.3, 0.4) is 0 Å². The highest BCUT2D eigenvalue weighted by molar-refractivity contribution is 5.86. The average Bonchev–Trinajstić information content (AvgIpc) is 2.65. The third kappa shape index (κ3) is 5.98. The molecule has 3 nitrogen and oxygen atoms in total. The highest BCUT2D eigenvalue weighted by Crippen LogP contribution is 2.38. The van der Waals surface area contributed by atoms with Gasteiger partial charge in [-0.2, -0.15) is 0 Å². The summed E-state index contributed by atoms with van der Waals surface area (Å²) >= 11 is 0. The van der Waals surface area contributed by atoms with Crippen LogP contribution >= 0.6 is 0 Å². The van der Waals surface area contributed by atoms with Crippen LogP contribution in [0.4, 0.5) is 0 Å². The number of hydrogen-bond acceptors (Lipinski definition) is 3. The van der Waals surface area contributed by atoms with Crippen molar-refractivity contribution >= 4 is 5.97 Å². The molecule has 1 aromatic rings. The van der Waals surface area contributed by atoms with Crippen LogP contribution < -0.4 is 0 Å². The van der Waals surface area contributed by atoms with Crippen molar-refractivity contribution in [1.29, 1.82) is 0 Å². The maximum atomic E-state index is 11.4. The zero-order chi connectivity index (χ0) is 18.9. The van der Waals surface area contributed by atoms with E-state index in [1.165, 1.54) is 49.7 Å². The monoisotopic (exact) mass is 358 g/mol. The molecule has 1 aliphatic rings. The van der Waals surface area contributed by atoms with Gasteiger partial charge in [-0.1, -0.05) is 44.5 Å². The predicted octanol–water partition coefficient (Wildman–Crippen LogP) is 5.30. The molecule has 0 saturated heterocycles. The number of carbonyl (C=O) groups is 1. The van der Waals surface area contributed by atoms with Gasteiger partial charge in [-0.05, 0) is 74.0 Å². The van der Waals surface area contributed by atoms with Crippen LogP contribution in [0.25, 0.3) is 0 Å². The summed E-state index contributed by atoms with van der Waals surface area (Å²) in [5.74, 6) is 1.23. The van der Waals surface area contributed by atoms with Crippen LogP contribution in [0, 0.1) is 5.92 Å². The molecule has 0 atom stereocenters. The Morgan fingerprint density at radius 1 is 1.23 bits per heavy atom. The number of rotatable bonds is 9. The van der Waals surface area contributed by atoms with Gasteiger partial charge in [0.1, 0.15) is 0 Å². The molecule has 3 heteroatoms. The van der Waals surface area contributed by atoms with Gasteiger partial charge >= 0.3 is 5.97 Å². The minimum absolute atomic E-state index is 0.0599. The van der Waals surface area contributed by atoms with E-state index in [0.717, 1.165) is 24.3 Å². The second kappa shape index (κ2) is 10.5. The Labute approximate surface area is 158 Å². The predicted molar refractivity (Wildman–Crippen MR) is 106 cm³/mol. The number of ether oxygens (including phenoxy) is 1. The van der Waals surface area contributed by atoms with E-state index in [0.29, 0.717) is 18.1 Å². The zero-order valence-corrected chi connectivity index (χ0v) is 16.4. The van der Waals surface area contributed by atoms with E-state index < -0.39 is 0 Å². The molecule has 2 rings (SSSR count). The van der Waals surface area contributed by atoms with E-state index in [1.807, 2.05) is 0 Å². The Morgan fingerprint density at radius 2 is 1.96 bits per heavy atom. The lowest BCUT2D eigenvalue weighted by atomic mass is 9.77. The fourth-order valence-corrected chi connectivity index (χ4v) is 4.03. The molecule has 1 N–H and O–H groups in total. The van der Waals surface area contributed by atoms with Crippen molar-refractivity contribution in [3.8, 4) is 0 Å². The minimum Gasteiger partial charge on any atom is -0.462 e. The summed E-state index contributed by atoms with van der Waals surface area (Å²) in [6.07, 6.45) is 9.47. The van der Waals surface area contributed by atoms with Crippen molar-refractivity contribution in [2.75, 3.05) is 6.61 Å². The van der Waals surface area contributed by atoms with E-state index in [-0.39, 0.29) is 12.6 Å². The Hall–Kier alpha value is -1.61. The quantitative estimate of drug-likeness (QED) is 0.370. The third-order valence-corrected chi connectivity index (χ3v) is 5.59. The molecule has 26 heavy (non-hydrogen) atoms. The lowest BCUT2D eigenvalue weighted by Gasteiger charge is -2.29. The van der Waals surface area contributed by atoms with Crippen molar-refractivity contribution < 1.29 is 14.6 Å². The highest BCUT2D eigenvalue weighted by atomic mass is 16.5. The Balaban J connectivity index is 1.93. The molecule has 1 aliphatic carbocycles. The van der Waals surface area contributed by atoms with E-state index in [1.54, 1.807) is 6.92 Å². The van der Waals surface area contributed by atoms with Gasteiger partial charge in [-0.3, -0.25) is 0 Å². The standard InChI is InChI=1S/C23H34O3/c1-4-6-18-8-10-19(11-9-18)21-12-13-22(16-24)20(15-21)7-5-14-26-23(25)17(2)3/h12-13,15,18-19,24H,2,4-11,14,16H2,1,3H3. The number of aliphatic hydroxyl groups is 1. The first-order chi connectivity index (χ1) is 12.5. The van der Waals surface area contributed by atoms with Crippen LogP contribution in [0.1, 0.15) is 81.4 Å². The number of hydrogen-bond donors (Lipinski definition) is 1. The maximum absolute atomic E-state index is 11.4. The van der Waals surface area contributed by atoms with E-state index in [4.69, 9.17) is 4.74 Å². The smallest absolute Gasteiger partial charge is 0.333 e. The normalized spacial score (nSPS) is 20.0. The van der Waals surface area contributed by atoms with Gasteiger partial charge in [0, 0.05) is 5.57 Å². The molecule has 0 aliphatic heterocycles. The molecule has 0 unspecified atom stereocenters. The number of aryl methyl sites for hydroxylation is 1. The summed E-state index contributed by atoms with van der Waals surface area (Å²) in [6.45, 7) is 7.98. The zero-order valence-electron chi connectivity index (χ0n) is 16.4. The van der Waals surface area contributed by atoms with Gasteiger partial charge in [-0.25, -0.2) is 4.79 Å². The van der Waals surface area contributed by atoms with Crippen LogP contribution in [-0.4, -0.2) is 17.7 Å². The average molecular weight is 359 g/mol. The lowest BCUT2D eigenvalue weighted by Crippen LogP contribution is -2.13. The molecule has 144 valence electrons. The Morgan fingerprint density at radius 3 is 2.58 bits per heavy atom. The molecule has 0 bridgehead atoms. The first kappa shape index (κ1) is 20.7. The fraction of sp³-hybridized carbons (Fsp3) is 0.609. The minimum atomic E-state index is -0.329. The van der Waals surface area contributed by atoms with Crippen molar-refractivity contribution in [3.63, 3.8) is 0 Å². The number of esters is 1. The molecule has 1 aromatic carbocycles. The van der Waals surface area contributed by atoms with Crippen molar-refractivity contribution in [3.05, 3.63) is 47.0 Å². The molecule has 0 amide bonds. The Kier molecular flexibility index (Phi) is 8.37. The second-order valence-corrected chi connectivity index (χ2v) is 7.71. The van der Waals surface area contributed by atoms with Crippen molar-refractivity contribution in [1.82, 2.24) is 0 Å². The second-order valence-electron chi connectivity index (χ2n) is 7.71. The van der Waals surface area contributed by atoms with E-state index in [9.17, 15) is 9.90 Å². The molecular weight excluding hydrogens is 324 g/mol. The van der Waals surface area contributed by atoms with Gasteiger partial charge in [0.05, 0.1) is 13.2 Å². The summed E-state index contributed by atoms with van der Waals surface area (Å²) in [6, 6.07) is 6.54. The SMILES string of the molecule is C=C(C)C(=O)OCCCc1cc(C2CCC(CCC)CC2)ccc1CO. The molecule has 0 radical (unpaired) electrons. The molecule has 1 fully saturated rings. The van der Waals surface area contributed by atoms with Gasteiger partial charge < -0.3 is 9.84 Å². The third-order valence-electron chi connectivity index (χ3n) is 5.59. The summed E-state index contributed by atoms with van der Waals surface area (Å²) in [4.78, 5) is 11.4. The van der Waals surface area contributed by atoms with Crippen LogP contribution in [0.5, 0.6) is 0 Å². The first-order valence-corrected chi connectivity index (χ1v) is 10.1. The molecular formula is C23H34O3. The first-order valence-electron chi connectivity index (χ1n) is 10.1. The van der Waals surface area contributed by atoms with Gasteiger partial charge in [0.25, 0.3) is 0 Å². The number of carbonyl (C=O) groups excluding carboxylic acids is 1. The highest BCUT2D eigenvalue weighted by Gasteiger charge is 2.22. The van der Waals surface area contributed by atoms with E-state index in [2.05, 4.69) is 31.7 Å². The number of aliphatic hydroxyl groups excluding tert-OH is 1. The number of benzene rings is 1. The summed E-state index contributed by atoms with van der Waals surface area (Å²) in [5.41, 5.74) is 4.01. The van der Waals surface area contributed by atoms with Gasteiger partial charge in [-0.15, -0.1) is 0 Å². The topological polar surface area (TPSA) is 46.5 Å². The van der Waals surface area contributed by atoms with Crippen LogP contribution in [0.2, 0.25) is 0 Å². The molecule has 1 saturated carbocycles. The summed E-state index contributed by atoms with van der Waals surface area (Å²) < 4.78 is 5.18. The Bertz CT molecular complexity index is 597. The largest absolute Gasteiger partial charge is 0.462 e. The summed E-state index contributed by atoms with van der Waals surface area (Å²) in [7, 11) is 0. The summed E-state index contributed by atoms with van der Waals surface area (Å²) in [5, 5.41) is 9.63. The molecule has 0 heterocycles.